The smallest absolute Gasteiger partial charge is 0.411 e. The van der Waals surface area contributed by atoms with Gasteiger partial charge in [-0.2, -0.15) is 23.3 Å². The Hall–Kier alpha value is -2.65. The standard InChI is InChI=1S/C13H14F3N5O2/c1-20(12-17-6-4-10(19-12)23-2)11(22)8-9(13(14,15)16)21-7-3-5-18-21/h3-7,9H,8H2,1-2H3. The minimum Gasteiger partial charge on any atom is -0.481 e. The van der Waals surface area contributed by atoms with Crippen molar-refractivity contribution in [2.75, 3.05) is 19.1 Å². The van der Waals surface area contributed by atoms with E-state index in [1.165, 1.54) is 38.7 Å². The van der Waals surface area contributed by atoms with E-state index in [1.54, 1.807) is 0 Å². The molecule has 0 aromatic carbocycles. The van der Waals surface area contributed by atoms with Crippen molar-refractivity contribution in [1.29, 1.82) is 0 Å². The normalized spacial score (nSPS) is 12.7. The summed E-state index contributed by atoms with van der Waals surface area (Å²) in [6.45, 7) is 0. The van der Waals surface area contributed by atoms with E-state index in [1.807, 2.05) is 0 Å². The van der Waals surface area contributed by atoms with Crippen LogP contribution in [0.3, 0.4) is 0 Å². The third kappa shape index (κ3) is 3.96. The Labute approximate surface area is 129 Å². The first-order valence-corrected chi connectivity index (χ1v) is 6.52. The molecule has 0 N–H and O–H groups in total. The van der Waals surface area contributed by atoms with Crippen LogP contribution < -0.4 is 9.64 Å². The van der Waals surface area contributed by atoms with E-state index in [-0.39, 0.29) is 11.8 Å². The number of halogens is 3. The summed E-state index contributed by atoms with van der Waals surface area (Å²) in [4.78, 5) is 20.9. The summed E-state index contributed by atoms with van der Waals surface area (Å²) >= 11 is 0. The lowest BCUT2D eigenvalue weighted by atomic mass is 10.2. The molecule has 23 heavy (non-hydrogen) atoms. The van der Waals surface area contributed by atoms with Crippen molar-refractivity contribution >= 4 is 11.9 Å². The first-order chi connectivity index (χ1) is 10.8. The lowest BCUT2D eigenvalue weighted by Gasteiger charge is -2.23. The van der Waals surface area contributed by atoms with Crippen LogP contribution in [-0.2, 0) is 4.79 Å². The van der Waals surface area contributed by atoms with Gasteiger partial charge in [0.15, 0.2) is 6.04 Å². The number of nitrogens with zero attached hydrogens (tertiary/aromatic N) is 5. The Balaban J connectivity index is 2.18. The number of amides is 1. The third-order valence-electron chi connectivity index (χ3n) is 3.09. The van der Waals surface area contributed by atoms with Crippen molar-refractivity contribution in [2.24, 2.45) is 0 Å². The zero-order valence-electron chi connectivity index (χ0n) is 12.4. The molecule has 1 amide bonds. The molecule has 2 aromatic heterocycles. The lowest BCUT2D eigenvalue weighted by Crippen LogP contribution is -2.35. The van der Waals surface area contributed by atoms with Crippen molar-refractivity contribution in [3.05, 3.63) is 30.7 Å². The molecule has 2 aromatic rings. The maximum Gasteiger partial charge on any atom is 0.411 e. The van der Waals surface area contributed by atoms with Crippen LogP contribution in [0.5, 0.6) is 5.88 Å². The van der Waals surface area contributed by atoms with Gasteiger partial charge in [0.25, 0.3) is 0 Å². The molecule has 0 saturated heterocycles. The van der Waals surface area contributed by atoms with Crippen LogP contribution in [0.1, 0.15) is 12.5 Å². The van der Waals surface area contributed by atoms with Gasteiger partial charge in [-0.1, -0.05) is 0 Å². The Bertz CT molecular complexity index is 660. The number of carbonyl (C=O) groups is 1. The highest BCUT2D eigenvalue weighted by molar-refractivity contribution is 5.91. The Morgan fingerprint density at radius 3 is 2.74 bits per heavy atom. The molecular formula is C13H14F3N5O2. The second kappa shape index (κ2) is 6.63. The van der Waals surface area contributed by atoms with Gasteiger partial charge in [-0.15, -0.1) is 0 Å². The topological polar surface area (TPSA) is 73.1 Å². The van der Waals surface area contributed by atoms with Gasteiger partial charge in [-0.3, -0.25) is 14.4 Å². The molecular weight excluding hydrogens is 315 g/mol. The lowest BCUT2D eigenvalue weighted by molar-refractivity contribution is -0.174. The average molecular weight is 329 g/mol. The number of hydrogen-bond acceptors (Lipinski definition) is 5. The molecule has 0 saturated carbocycles. The molecule has 7 nitrogen and oxygen atoms in total. The van der Waals surface area contributed by atoms with Crippen LogP contribution in [0, 0.1) is 0 Å². The van der Waals surface area contributed by atoms with Gasteiger partial charge in [-0.25, -0.2) is 4.98 Å². The number of methoxy groups -OCH3 is 1. The molecule has 1 atom stereocenters. The number of anilines is 1. The zero-order valence-corrected chi connectivity index (χ0v) is 12.4. The highest BCUT2D eigenvalue weighted by Crippen LogP contribution is 2.33. The molecule has 0 bridgehead atoms. The van der Waals surface area contributed by atoms with Gasteiger partial charge in [0, 0.05) is 31.7 Å². The van der Waals surface area contributed by atoms with Crippen LogP contribution in [-0.4, -0.2) is 46.0 Å². The van der Waals surface area contributed by atoms with E-state index in [0.29, 0.717) is 4.68 Å². The quantitative estimate of drug-likeness (QED) is 0.837. The molecule has 2 rings (SSSR count). The minimum atomic E-state index is -4.61. The van der Waals surface area contributed by atoms with Gasteiger partial charge < -0.3 is 4.74 Å². The minimum absolute atomic E-state index is 0.0456. The molecule has 0 aliphatic heterocycles. The number of aromatic nitrogens is 4. The van der Waals surface area contributed by atoms with Crippen LogP contribution in [0.15, 0.2) is 30.7 Å². The van der Waals surface area contributed by atoms with Crippen molar-refractivity contribution in [3.63, 3.8) is 0 Å². The Kier molecular flexibility index (Phi) is 4.82. The number of rotatable bonds is 5. The maximum atomic E-state index is 13.1. The predicted octanol–water partition coefficient (Wildman–Crippen LogP) is 1.84. The number of hydrogen-bond donors (Lipinski definition) is 0. The maximum absolute atomic E-state index is 13.1. The molecule has 0 radical (unpaired) electrons. The zero-order chi connectivity index (χ0) is 17.0. The second-order valence-electron chi connectivity index (χ2n) is 4.60. The summed E-state index contributed by atoms with van der Waals surface area (Å²) in [7, 11) is 2.68. The molecule has 10 heteroatoms. The van der Waals surface area contributed by atoms with Crippen LogP contribution in [0.25, 0.3) is 0 Å². The molecule has 2 heterocycles. The summed E-state index contributed by atoms with van der Waals surface area (Å²) in [6.07, 6.45) is -1.70. The van der Waals surface area contributed by atoms with Crippen molar-refractivity contribution < 1.29 is 22.7 Å². The van der Waals surface area contributed by atoms with Crippen LogP contribution in [0.2, 0.25) is 0 Å². The fraction of sp³-hybridized carbons (Fsp3) is 0.385. The largest absolute Gasteiger partial charge is 0.481 e. The molecule has 0 spiro atoms. The number of carbonyl (C=O) groups excluding carboxylic acids is 1. The molecule has 0 aliphatic carbocycles. The predicted molar refractivity (Wildman–Crippen MR) is 73.9 cm³/mol. The molecule has 0 aliphatic rings. The van der Waals surface area contributed by atoms with Gasteiger partial charge in [0.2, 0.25) is 17.7 Å². The highest BCUT2D eigenvalue weighted by atomic mass is 19.4. The second-order valence-corrected chi connectivity index (χ2v) is 4.60. The van der Waals surface area contributed by atoms with Crippen molar-refractivity contribution in [3.8, 4) is 5.88 Å². The third-order valence-corrected chi connectivity index (χ3v) is 3.09. The summed E-state index contributed by atoms with van der Waals surface area (Å²) in [5, 5.41) is 3.57. The van der Waals surface area contributed by atoms with Gasteiger partial charge in [-0.05, 0) is 6.07 Å². The SMILES string of the molecule is COc1ccnc(N(C)C(=O)CC(n2cccn2)C(F)(F)F)n1. The van der Waals surface area contributed by atoms with E-state index < -0.39 is 24.5 Å². The van der Waals surface area contributed by atoms with Crippen molar-refractivity contribution in [1.82, 2.24) is 19.7 Å². The number of ether oxygens (including phenoxy) is 1. The Morgan fingerprint density at radius 1 is 1.43 bits per heavy atom. The van der Waals surface area contributed by atoms with Gasteiger partial charge in [0.1, 0.15) is 0 Å². The van der Waals surface area contributed by atoms with E-state index in [9.17, 15) is 18.0 Å². The summed E-state index contributed by atoms with van der Waals surface area (Å²) < 4.78 is 45.0. The first-order valence-electron chi connectivity index (χ1n) is 6.52. The number of alkyl halides is 3. The monoisotopic (exact) mass is 329 g/mol. The highest BCUT2D eigenvalue weighted by Gasteiger charge is 2.43. The van der Waals surface area contributed by atoms with Gasteiger partial charge >= 0.3 is 6.18 Å². The summed E-state index contributed by atoms with van der Waals surface area (Å²) in [6, 6.07) is 0.764. The van der Waals surface area contributed by atoms with Crippen LogP contribution >= 0.6 is 0 Å². The van der Waals surface area contributed by atoms with Crippen LogP contribution in [0.4, 0.5) is 19.1 Å². The molecule has 0 fully saturated rings. The van der Waals surface area contributed by atoms with Gasteiger partial charge in [0.05, 0.1) is 13.5 Å². The summed E-state index contributed by atoms with van der Waals surface area (Å²) in [5.74, 6) is -0.638. The van der Waals surface area contributed by atoms with E-state index in [4.69, 9.17) is 4.74 Å². The average Bonchev–Trinajstić information content (AvgIpc) is 3.04. The fourth-order valence-electron chi connectivity index (χ4n) is 1.85. The van der Waals surface area contributed by atoms with Crippen molar-refractivity contribution in [2.45, 2.75) is 18.6 Å². The molecule has 124 valence electrons. The summed E-state index contributed by atoms with van der Waals surface area (Å²) in [5.41, 5.74) is 0. The van der Waals surface area contributed by atoms with E-state index >= 15 is 0 Å². The molecule has 1 unspecified atom stereocenters. The van der Waals surface area contributed by atoms with E-state index in [0.717, 1.165) is 11.1 Å². The fourth-order valence-corrected chi connectivity index (χ4v) is 1.85. The first kappa shape index (κ1) is 16.7. The van der Waals surface area contributed by atoms with E-state index in [2.05, 4.69) is 15.1 Å². The Morgan fingerprint density at radius 2 is 2.17 bits per heavy atom.